The van der Waals surface area contributed by atoms with Crippen molar-refractivity contribution in [2.45, 2.75) is 37.0 Å². The van der Waals surface area contributed by atoms with E-state index in [4.69, 9.17) is 0 Å². The van der Waals surface area contributed by atoms with Crippen molar-refractivity contribution in [1.82, 2.24) is 0 Å². The van der Waals surface area contributed by atoms with Crippen LogP contribution >= 0.6 is 7.92 Å². The van der Waals surface area contributed by atoms with Gasteiger partial charge in [0, 0.05) is 7.92 Å². The summed E-state index contributed by atoms with van der Waals surface area (Å²) in [6, 6.07) is 0. The second-order valence-corrected chi connectivity index (χ2v) is 7.57. The van der Waals surface area contributed by atoms with Crippen molar-refractivity contribution >= 4 is 13.2 Å². The normalized spacial score (nSPS) is 15.1. The maximum absolute atomic E-state index is 14.1. The third-order valence-corrected chi connectivity index (χ3v) is 6.16. The zero-order valence-corrected chi connectivity index (χ0v) is 14.0. The molecule has 1 aromatic rings. The highest BCUT2D eigenvalue weighted by Crippen LogP contribution is 2.65. The molecule has 0 heterocycles. The summed E-state index contributed by atoms with van der Waals surface area (Å²) in [7, 11) is -4.75. The Morgan fingerprint density at radius 2 is 0.964 bits per heavy atom. The van der Waals surface area contributed by atoms with E-state index in [1.807, 2.05) is 0 Å². The molecule has 1 rings (SSSR count). The maximum atomic E-state index is 14.1. The van der Waals surface area contributed by atoms with E-state index < -0.39 is 78.6 Å². The fourth-order valence-corrected chi connectivity index (χ4v) is 4.37. The maximum Gasteiger partial charge on any atom is 0.460 e. The minimum Gasteiger partial charge on any atom is -0.203 e. The lowest BCUT2D eigenvalue weighted by Gasteiger charge is -2.38. The average molecular weight is 460 g/mol. The second-order valence-electron chi connectivity index (χ2n) is 5.26. The van der Waals surface area contributed by atoms with Crippen LogP contribution in [0.3, 0.4) is 0 Å². The number of alkyl halides is 9. The highest BCUT2D eigenvalue weighted by atomic mass is 31.1. The largest absolute Gasteiger partial charge is 0.460 e. The third-order valence-electron chi connectivity index (χ3n) is 3.37. The lowest BCUT2D eigenvalue weighted by Crippen LogP contribution is -2.61. The fourth-order valence-electron chi connectivity index (χ4n) is 1.98. The van der Waals surface area contributed by atoms with Crippen LogP contribution < -0.4 is 5.30 Å². The molecular weight excluding hydrogens is 453 g/mol. The van der Waals surface area contributed by atoms with Crippen molar-refractivity contribution in [2.75, 3.05) is 6.16 Å². The van der Waals surface area contributed by atoms with Crippen LogP contribution in [0.4, 0.5) is 61.5 Å². The van der Waals surface area contributed by atoms with Gasteiger partial charge in [-0.25, -0.2) is 22.0 Å². The highest BCUT2D eigenvalue weighted by Gasteiger charge is 2.83. The van der Waals surface area contributed by atoms with Crippen molar-refractivity contribution in [2.24, 2.45) is 0 Å². The molecule has 0 aliphatic carbocycles. The Morgan fingerprint density at radius 3 is 1.29 bits per heavy atom. The van der Waals surface area contributed by atoms with Gasteiger partial charge in [-0.15, -0.1) is 0 Å². The molecule has 0 N–H and O–H groups in total. The quantitative estimate of drug-likeness (QED) is 0.202. The fraction of sp³-hybridized carbons (Fsp3) is 0.538. The smallest absolute Gasteiger partial charge is 0.203 e. The number of halogens is 14. The Labute approximate surface area is 148 Å². The molecule has 1 aromatic carbocycles. The first-order valence-corrected chi connectivity index (χ1v) is 8.39. The Kier molecular flexibility index (Phi) is 6.61. The monoisotopic (exact) mass is 460 g/mol. The molecule has 0 aliphatic rings. The molecule has 0 aliphatic heterocycles. The topological polar surface area (TPSA) is 0 Å². The van der Waals surface area contributed by atoms with Gasteiger partial charge in [-0.3, -0.25) is 0 Å². The Balaban J connectivity index is 3.81. The summed E-state index contributed by atoms with van der Waals surface area (Å²) < 4.78 is 185. The van der Waals surface area contributed by atoms with Crippen LogP contribution in [0.2, 0.25) is 0 Å². The van der Waals surface area contributed by atoms with Crippen molar-refractivity contribution in [1.29, 1.82) is 0 Å². The van der Waals surface area contributed by atoms with Gasteiger partial charge in [0.2, 0.25) is 5.82 Å². The lowest BCUT2D eigenvalue weighted by atomic mass is 10.1. The van der Waals surface area contributed by atoms with Gasteiger partial charge in [0.15, 0.2) is 23.3 Å². The molecular formula is C13H7F14P. The summed E-state index contributed by atoms with van der Waals surface area (Å²) in [5.41, 5.74) is -6.50. The first-order valence-electron chi connectivity index (χ1n) is 6.87. The molecule has 0 fully saturated rings. The molecule has 0 saturated heterocycles. The van der Waals surface area contributed by atoms with Crippen molar-refractivity contribution in [3.63, 3.8) is 0 Å². The average Bonchev–Trinajstić information content (AvgIpc) is 2.56. The van der Waals surface area contributed by atoms with Gasteiger partial charge >= 0.3 is 23.7 Å². The van der Waals surface area contributed by atoms with Crippen LogP contribution in [0.1, 0.15) is 13.3 Å². The number of hydrogen-bond acceptors (Lipinski definition) is 0. The van der Waals surface area contributed by atoms with E-state index in [0.29, 0.717) is 0 Å². The van der Waals surface area contributed by atoms with Crippen LogP contribution in [0.5, 0.6) is 0 Å². The molecule has 0 bridgehead atoms. The van der Waals surface area contributed by atoms with Gasteiger partial charge in [-0.05, 0) is 6.16 Å². The summed E-state index contributed by atoms with van der Waals surface area (Å²) in [4.78, 5) is 0. The minimum atomic E-state index is -7.37. The number of benzene rings is 1. The minimum absolute atomic E-state index is 0.755. The molecule has 0 amide bonds. The Morgan fingerprint density at radius 1 is 0.607 bits per heavy atom. The number of rotatable bonds is 6. The van der Waals surface area contributed by atoms with Crippen LogP contribution in [-0.2, 0) is 0 Å². The van der Waals surface area contributed by atoms with Crippen molar-refractivity contribution < 1.29 is 61.5 Å². The van der Waals surface area contributed by atoms with Gasteiger partial charge in [-0.2, -0.15) is 39.5 Å². The van der Waals surface area contributed by atoms with Crippen LogP contribution in [0, 0.1) is 29.1 Å². The van der Waals surface area contributed by atoms with E-state index in [0.717, 1.165) is 6.92 Å². The van der Waals surface area contributed by atoms with Gasteiger partial charge in [0.05, 0.1) is 5.30 Å². The first-order chi connectivity index (χ1) is 12.4. The molecule has 0 spiro atoms. The summed E-state index contributed by atoms with van der Waals surface area (Å²) in [6.45, 7) is 0.873. The van der Waals surface area contributed by atoms with Gasteiger partial charge in [-0.1, -0.05) is 13.3 Å². The first kappa shape index (κ1) is 24.7. The predicted octanol–water partition coefficient (Wildman–Crippen LogP) is 6.33. The van der Waals surface area contributed by atoms with Gasteiger partial charge in [0.25, 0.3) is 0 Å². The van der Waals surface area contributed by atoms with Crippen molar-refractivity contribution in [3.8, 4) is 0 Å². The Hall–Kier alpha value is -1.33. The molecule has 0 aromatic heterocycles. The van der Waals surface area contributed by atoms with E-state index in [1.54, 1.807) is 0 Å². The van der Waals surface area contributed by atoms with Crippen LogP contribution in [0.25, 0.3) is 0 Å². The van der Waals surface area contributed by atoms with Crippen molar-refractivity contribution in [3.05, 3.63) is 29.1 Å². The van der Waals surface area contributed by atoms with E-state index in [1.165, 1.54) is 0 Å². The third kappa shape index (κ3) is 3.52. The molecule has 15 heteroatoms. The zero-order valence-electron chi connectivity index (χ0n) is 13.2. The molecule has 1 atom stereocenters. The predicted molar refractivity (Wildman–Crippen MR) is 68.8 cm³/mol. The van der Waals surface area contributed by atoms with E-state index in [9.17, 15) is 61.5 Å². The molecule has 28 heavy (non-hydrogen) atoms. The standard InChI is InChI=1S/C13H7F14P/c1-2-3-28(9-7(17)5(15)4(14)6(16)8(9)18)13(26,27)11(21,22)10(19,20)12(23,24)25/h2-3H2,1H3. The zero-order chi connectivity index (χ0) is 22.5. The lowest BCUT2D eigenvalue weighted by molar-refractivity contribution is -0.382. The SMILES string of the molecule is CCCP(c1c(F)c(F)c(F)c(F)c1F)C(F)(F)C(F)(F)C(F)(F)C(F)(F)F. The number of hydrogen-bond donors (Lipinski definition) is 0. The molecule has 0 saturated carbocycles. The summed E-state index contributed by atoms with van der Waals surface area (Å²) >= 11 is 0. The Bertz CT molecular complexity index is 709. The molecule has 162 valence electrons. The van der Waals surface area contributed by atoms with Gasteiger partial charge in [0.1, 0.15) is 0 Å². The molecule has 0 radical (unpaired) electrons. The van der Waals surface area contributed by atoms with E-state index in [2.05, 4.69) is 0 Å². The molecule has 0 nitrogen and oxygen atoms in total. The highest BCUT2D eigenvalue weighted by molar-refractivity contribution is 7.66. The van der Waals surface area contributed by atoms with Crippen LogP contribution in [0.15, 0.2) is 0 Å². The summed E-state index contributed by atoms with van der Waals surface area (Å²) in [6.07, 6.45) is -9.51. The van der Waals surface area contributed by atoms with E-state index >= 15 is 0 Å². The second kappa shape index (κ2) is 7.49. The van der Waals surface area contributed by atoms with Gasteiger partial charge < -0.3 is 0 Å². The summed E-state index contributed by atoms with van der Waals surface area (Å²) in [5, 5.41) is -2.56. The van der Waals surface area contributed by atoms with Crippen LogP contribution in [-0.4, -0.2) is 29.8 Å². The molecule has 1 unspecified atom stereocenters. The van der Waals surface area contributed by atoms with E-state index in [-0.39, 0.29) is 0 Å². The summed E-state index contributed by atoms with van der Waals surface area (Å²) in [5.74, 6) is -29.2.